The third-order valence-electron chi connectivity index (χ3n) is 5.67. The van der Waals surface area contributed by atoms with E-state index in [1.807, 2.05) is 23.1 Å². The normalized spacial score (nSPS) is 16.2. The van der Waals surface area contributed by atoms with Gasteiger partial charge in [-0.15, -0.1) is 0 Å². The average Bonchev–Trinajstić information content (AvgIpc) is 3.04. The van der Waals surface area contributed by atoms with E-state index in [1.165, 1.54) is 4.90 Å². The van der Waals surface area contributed by atoms with Crippen LogP contribution in [0.1, 0.15) is 17.5 Å². The largest absolute Gasteiger partial charge is 0.336 e. The number of anilines is 2. The number of para-hydroxylation sites is 2. The summed E-state index contributed by atoms with van der Waals surface area (Å²) in [6.07, 6.45) is 1.83. The first-order chi connectivity index (χ1) is 15.1. The third kappa shape index (κ3) is 3.32. The van der Waals surface area contributed by atoms with Crippen molar-refractivity contribution >= 4 is 52.0 Å². The van der Waals surface area contributed by atoms with Crippen molar-refractivity contribution in [2.45, 2.75) is 12.8 Å². The van der Waals surface area contributed by atoms with Crippen LogP contribution >= 0.6 is 23.2 Å². The fourth-order valence-corrected chi connectivity index (χ4v) is 4.61. The molecule has 0 aromatic heterocycles. The molecule has 4 nitrogen and oxygen atoms in total. The van der Waals surface area contributed by atoms with Gasteiger partial charge in [0.2, 0.25) is 0 Å². The van der Waals surface area contributed by atoms with Crippen molar-refractivity contribution in [1.29, 1.82) is 0 Å². The van der Waals surface area contributed by atoms with Crippen LogP contribution in [0, 0.1) is 0 Å². The maximum atomic E-state index is 13.7. The van der Waals surface area contributed by atoms with Crippen LogP contribution < -0.4 is 9.80 Å². The summed E-state index contributed by atoms with van der Waals surface area (Å²) in [6, 6.07) is 21.9. The molecule has 2 aliphatic rings. The molecular formula is C25H18Cl2N2O2. The number of benzene rings is 3. The number of imide groups is 1. The second-order valence-electron chi connectivity index (χ2n) is 7.51. The fourth-order valence-electron chi connectivity index (χ4n) is 4.26. The molecule has 0 saturated heterocycles. The molecular weight excluding hydrogens is 431 g/mol. The first kappa shape index (κ1) is 19.9. The summed E-state index contributed by atoms with van der Waals surface area (Å²) >= 11 is 12.4. The standard InChI is InChI=1S/C25H18Cl2N2O2/c26-18-13-11-17(12-14-18)22-23(28-15-5-7-16-6-1-3-9-20(16)28)25(31)29(24(22)30)21-10-4-2-8-19(21)27/h1-4,6,8-14H,5,7,15H2. The lowest BCUT2D eigenvalue weighted by molar-refractivity contribution is -0.120. The smallest absolute Gasteiger partial charge is 0.282 e. The van der Waals surface area contributed by atoms with Crippen LogP contribution in [-0.4, -0.2) is 18.4 Å². The number of halogens is 2. The van der Waals surface area contributed by atoms with E-state index in [0.29, 0.717) is 39.1 Å². The van der Waals surface area contributed by atoms with Crippen LogP contribution in [0.25, 0.3) is 5.57 Å². The van der Waals surface area contributed by atoms with Crippen molar-refractivity contribution in [1.82, 2.24) is 0 Å². The molecule has 2 heterocycles. The van der Waals surface area contributed by atoms with Gasteiger partial charge in [0.15, 0.2) is 0 Å². The second-order valence-corrected chi connectivity index (χ2v) is 8.36. The Labute approximate surface area is 190 Å². The molecule has 0 spiro atoms. The van der Waals surface area contributed by atoms with Gasteiger partial charge in [0, 0.05) is 17.3 Å². The van der Waals surface area contributed by atoms with Gasteiger partial charge < -0.3 is 4.90 Å². The number of amides is 2. The Kier molecular flexibility index (Phi) is 5.05. The number of nitrogens with zero attached hydrogens (tertiary/aromatic N) is 2. The molecule has 0 saturated carbocycles. The number of carbonyl (C=O) groups excluding carboxylic acids is 2. The lowest BCUT2D eigenvalue weighted by Gasteiger charge is -2.32. The summed E-state index contributed by atoms with van der Waals surface area (Å²) in [5, 5.41) is 0.911. The van der Waals surface area contributed by atoms with E-state index in [-0.39, 0.29) is 5.91 Å². The quantitative estimate of drug-likeness (QED) is 0.480. The number of fused-ring (bicyclic) bond motifs is 1. The monoisotopic (exact) mass is 448 g/mol. The van der Waals surface area contributed by atoms with E-state index < -0.39 is 5.91 Å². The highest BCUT2D eigenvalue weighted by molar-refractivity contribution is 6.48. The molecule has 0 radical (unpaired) electrons. The number of carbonyl (C=O) groups is 2. The molecule has 3 aromatic carbocycles. The van der Waals surface area contributed by atoms with E-state index in [2.05, 4.69) is 6.07 Å². The lowest BCUT2D eigenvalue weighted by atomic mass is 9.98. The van der Waals surface area contributed by atoms with Gasteiger partial charge in [0.1, 0.15) is 5.70 Å². The molecule has 2 amide bonds. The highest BCUT2D eigenvalue weighted by atomic mass is 35.5. The van der Waals surface area contributed by atoms with Gasteiger partial charge in [-0.2, -0.15) is 0 Å². The molecule has 31 heavy (non-hydrogen) atoms. The summed E-state index contributed by atoms with van der Waals surface area (Å²) in [6.45, 7) is 0.652. The van der Waals surface area contributed by atoms with Crippen LogP contribution in [0.2, 0.25) is 10.0 Å². The lowest BCUT2D eigenvalue weighted by Crippen LogP contribution is -2.37. The molecule has 6 heteroatoms. The maximum Gasteiger partial charge on any atom is 0.282 e. The third-order valence-corrected chi connectivity index (χ3v) is 6.24. The van der Waals surface area contributed by atoms with Gasteiger partial charge >= 0.3 is 0 Å². The molecule has 0 atom stereocenters. The summed E-state index contributed by atoms with van der Waals surface area (Å²) in [7, 11) is 0. The molecule has 2 aliphatic heterocycles. The number of aryl methyl sites for hydroxylation is 1. The Morgan fingerprint density at radius 2 is 1.42 bits per heavy atom. The van der Waals surface area contributed by atoms with Crippen molar-refractivity contribution in [3.63, 3.8) is 0 Å². The number of hydrogen-bond acceptors (Lipinski definition) is 3. The van der Waals surface area contributed by atoms with Gasteiger partial charge in [-0.05, 0) is 54.3 Å². The molecule has 0 bridgehead atoms. The van der Waals surface area contributed by atoms with E-state index in [9.17, 15) is 9.59 Å². The zero-order valence-corrected chi connectivity index (χ0v) is 18.0. The minimum absolute atomic E-state index is 0.347. The van der Waals surface area contributed by atoms with Crippen LogP contribution in [0.15, 0.2) is 78.5 Å². The number of hydrogen-bond donors (Lipinski definition) is 0. The summed E-state index contributed by atoms with van der Waals surface area (Å²) in [5.74, 6) is -0.766. The summed E-state index contributed by atoms with van der Waals surface area (Å²) < 4.78 is 0. The van der Waals surface area contributed by atoms with Gasteiger partial charge in [-0.1, -0.05) is 65.7 Å². The van der Waals surface area contributed by atoms with Crippen molar-refractivity contribution < 1.29 is 9.59 Å². The van der Waals surface area contributed by atoms with Gasteiger partial charge in [0.25, 0.3) is 11.8 Å². The molecule has 0 unspecified atom stereocenters. The van der Waals surface area contributed by atoms with E-state index in [1.54, 1.807) is 48.5 Å². The fraction of sp³-hybridized carbons (Fsp3) is 0.120. The van der Waals surface area contributed by atoms with E-state index >= 15 is 0 Å². The van der Waals surface area contributed by atoms with Gasteiger partial charge in [-0.3, -0.25) is 9.59 Å². The zero-order chi connectivity index (χ0) is 21.5. The Balaban J connectivity index is 1.72. The van der Waals surface area contributed by atoms with Gasteiger partial charge in [-0.25, -0.2) is 4.90 Å². The Morgan fingerprint density at radius 1 is 0.742 bits per heavy atom. The predicted octanol–water partition coefficient (Wildman–Crippen LogP) is 5.73. The van der Waals surface area contributed by atoms with Crippen LogP contribution in [-0.2, 0) is 16.0 Å². The first-order valence-corrected chi connectivity index (χ1v) is 10.8. The predicted molar refractivity (Wildman–Crippen MR) is 124 cm³/mol. The Hall–Kier alpha value is -3.08. The second kappa shape index (κ2) is 7.88. The van der Waals surface area contributed by atoms with Crippen LogP contribution in [0.4, 0.5) is 11.4 Å². The molecule has 5 rings (SSSR count). The molecule has 3 aromatic rings. The van der Waals surface area contributed by atoms with Gasteiger partial charge in [0.05, 0.1) is 16.3 Å². The Bertz CT molecular complexity index is 1230. The molecule has 0 aliphatic carbocycles. The van der Waals surface area contributed by atoms with Crippen molar-refractivity contribution in [2.24, 2.45) is 0 Å². The highest BCUT2D eigenvalue weighted by Gasteiger charge is 2.44. The topological polar surface area (TPSA) is 40.6 Å². The van der Waals surface area contributed by atoms with Crippen molar-refractivity contribution in [3.8, 4) is 0 Å². The van der Waals surface area contributed by atoms with E-state index in [0.717, 1.165) is 24.1 Å². The molecule has 154 valence electrons. The van der Waals surface area contributed by atoms with Crippen LogP contribution in [0.5, 0.6) is 0 Å². The minimum Gasteiger partial charge on any atom is -0.336 e. The zero-order valence-electron chi connectivity index (χ0n) is 16.5. The first-order valence-electron chi connectivity index (χ1n) is 10.1. The molecule has 0 N–H and O–H groups in total. The van der Waals surface area contributed by atoms with Crippen LogP contribution in [0.3, 0.4) is 0 Å². The summed E-state index contributed by atoms with van der Waals surface area (Å²) in [5.41, 5.74) is 3.88. The SMILES string of the molecule is O=C1C(c2ccc(Cl)cc2)=C(N2CCCc3ccccc32)C(=O)N1c1ccccc1Cl. The number of rotatable bonds is 3. The van der Waals surface area contributed by atoms with Crippen molar-refractivity contribution in [3.05, 3.63) is 99.7 Å². The van der Waals surface area contributed by atoms with Crippen molar-refractivity contribution in [2.75, 3.05) is 16.3 Å². The Morgan fingerprint density at radius 3 is 2.16 bits per heavy atom. The van der Waals surface area contributed by atoms with E-state index in [4.69, 9.17) is 23.2 Å². The summed E-state index contributed by atoms with van der Waals surface area (Å²) in [4.78, 5) is 30.5. The maximum absolute atomic E-state index is 13.7. The molecule has 0 fully saturated rings. The highest BCUT2D eigenvalue weighted by Crippen LogP contribution is 2.41. The minimum atomic E-state index is -0.390. The average molecular weight is 449 g/mol.